The van der Waals surface area contributed by atoms with Crippen LogP contribution in [0, 0.1) is 0 Å². The highest BCUT2D eigenvalue weighted by Gasteiger charge is 2.14. The van der Waals surface area contributed by atoms with Gasteiger partial charge in [-0.3, -0.25) is 0 Å². The fraction of sp³-hybridized carbons (Fsp3) is 0.500. The SMILES string of the molecule is CCN[C@H](C)CNS(=O)(=O)Cc1cccc(C(=O)OC)c1.Cl. The molecule has 0 radical (unpaired) electrons. The van der Waals surface area contributed by atoms with Crippen LogP contribution in [-0.4, -0.2) is 40.6 Å². The van der Waals surface area contributed by atoms with Gasteiger partial charge in [-0.15, -0.1) is 12.4 Å². The Hall–Kier alpha value is -1.15. The van der Waals surface area contributed by atoms with Crippen molar-refractivity contribution < 1.29 is 17.9 Å². The quantitative estimate of drug-likeness (QED) is 0.691. The van der Waals surface area contributed by atoms with Crippen LogP contribution in [0.25, 0.3) is 0 Å². The van der Waals surface area contributed by atoms with Crippen molar-refractivity contribution in [3.05, 3.63) is 35.4 Å². The van der Waals surface area contributed by atoms with Crippen LogP contribution >= 0.6 is 12.4 Å². The van der Waals surface area contributed by atoms with Crippen LogP contribution in [0.1, 0.15) is 29.8 Å². The summed E-state index contributed by atoms with van der Waals surface area (Å²) in [5, 5.41) is 3.13. The third-order valence-corrected chi connectivity index (χ3v) is 4.19. The monoisotopic (exact) mass is 350 g/mol. The molecule has 0 fully saturated rings. The summed E-state index contributed by atoms with van der Waals surface area (Å²) in [5.41, 5.74) is 0.882. The van der Waals surface area contributed by atoms with Crippen LogP contribution in [0.3, 0.4) is 0 Å². The molecule has 1 aromatic carbocycles. The van der Waals surface area contributed by atoms with E-state index >= 15 is 0 Å². The molecule has 22 heavy (non-hydrogen) atoms. The molecule has 0 saturated carbocycles. The Bertz CT molecular complexity index is 578. The Morgan fingerprint density at radius 3 is 2.64 bits per heavy atom. The van der Waals surface area contributed by atoms with Crippen molar-refractivity contribution in [2.45, 2.75) is 25.6 Å². The molecule has 0 saturated heterocycles. The van der Waals surface area contributed by atoms with Crippen LogP contribution < -0.4 is 10.0 Å². The van der Waals surface area contributed by atoms with E-state index in [9.17, 15) is 13.2 Å². The first-order chi connectivity index (χ1) is 9.88. The lowest BCUT2D eigenvalue weighted by atomic mass is 10.1. The molecule has 0 spiro atoms. The summed E-state index contributed by atoms with van der Waals surface area (Å²) in [4.78, 5) is 11.4. The molecule has 0 bridgehead atoms. The number of likely N-dealkylation sites (N-methyl/N-ethyl adjacent to an activating group) is 1. The lowest BCUT2D eigenvalue weighted by Crippen LogP contribution is -2.39. The van der Waals surface area contributed by atoms with Crippen molar-refractivity contribution in [3.8, 4) is 0 Å². The largest absolute Gasteiger partial charge is 0.465 e. The van der Waals surface area contributed by atoms with Crippen LogP contribution in [0.5, 0.6) is 0 Å². The zero-order valence-electron chi connectivity index (χ0n) is 13.0. The van der Waals surface area contributed by atoms with Crippen molar-refractivity contribution in [2.75, 3.05) is 20.2 Å². The van der Waals surface area contributed by atoms with Gasteiger partial charge in [0.2, 0.25) is 10.0 Å². The molecule has 0 aromatic heterocycles. The van der Waals surface area contributed by atoms with Crippen molar-refractivity contribution in [1.29, 1.82) is 0 Å². The Balaban J connectivity index is 0.00000441. The Morgan fingerprint density at radius 2 is 2.05 bits per heavy atom. The third kappa shape index (κ3) is 7.22. The zero-order valence-corrected chi connectivity index (χ0v) is 14.6. The molecule has 0 aliphatic rings. The van der Waals surface area contributed by atoms with Gasteiger partial charge in [0.15, 0.2) is 0 Å². The molecular weight excluding hydrogens is 328 g/mol. The number of carbonyl (C=O) groups excluding carboxylic acids is 1. The highest BCUT2D eigenvalue weighted by Crippen LogP contribution is 2.09. The maximum Gasteiger partial charge on any atom is 0.337 e. The van der Waals surface area contributed by atoms with Crippen LogP contribution in [0.4, 0.5) is 0 Å². The summed E-state index contributed by atoms with van der Waals surface area (Å²) in [7, 11) is -2.15. The molecule has 2 N–H and O–H groups in total. The minimum atomic E-state index is -3.44. The molecule has 0 heterocycles. The highest BCUT2D eigenvalue weighted by molar-refractivity contribution is 7.88. The summed E-state index contributed by atoms with van der Waals surface area (Å²) in [6, 6.07) is 6.48. The molecule has 0 aliphatic heterocycles. The molecule has 0 aliphatic carbocycles. The molecular formula is C14H23ClN2O4S. The minimum absolute atomic E-state index is 0. The van der Waals surface area contributed by atoms with Gasteiger partial charge < -0.3 is 10.1 Å². The van der Waals surface area contributed by atoms with Crippen LogP contribution in [0.2, 0.25) is 0 Å². The second kappa shape index (κ2) is 9.78. The number of methoxy groups -OCH3 is 1. The van der Waals surface area contributed by atoms with E-state index in [2.05, 4.69) is 14.8 Å². The van der Waals surface area contributed by atoms with Gasteiger partial charge in [0.1, 0.15) is 0 Å². The van der Waals surface area contributed by atoms with E-state index in [0.29, 0.717) is 17.7 Å². The van der Waals surface area contributed by atoms with E-state index in [-0.39, 0.29) is 24.2 Å². The van der Waals surface area contributed by atoms with E-state index in [1.165, 1.54) is 13.2 Å². The normalized spacial score (nSPS) is 12.3. The average Bonchev–Trinajstić information content (AvgIpc) is 2.44. The molecule has 0 unspecified atom stereocenters. The summed E-state index contributed by atoms with van der Waals surface area (Å²) in [6.45, 7) is 4.98. The second-order valence-electron chi connectivity index (χ2n) is 4.76. The number of hydrogen-bond acceptors (Lipinski definition) is 5. The van der Waals surface area contributed by atoms with E-state index in [4.69, 9.17) is 0 Å². The van der Waals surface area contributed by atoms with Crippen molar-refractivity contribution in [2.24, 2.45) is 0 Å². The maximum absolute atomic E-state index is 12.0. The van der Waals surface area contributed by atoms with Crippen molar-refractivity contribution in [3.63, 3.8) is 0 Å². The number of esters is 1. The zero-order chi connectivity index (χ0) is 15.9. The molecule has 1 aromatic rings. The number of nitrogens with one attached hydrogen (secondary N) is 2. The Kier molecular flexibility index (Phi) is 9.27. The van der Waals surface area contributed by atoms with Gasteiger partial charge in [-0.05, 0) is 31.2 Å². The van der Waals surface area contributed by atoms with E-state index < -0.39 is 16.0 Å². The highest BCUT2D eigenvalue weighted by atomic mass is 35.5. The maximum atomic E-state index is 12.0. The standard InChI is InChI=1S/C14H22N2O4S.ClH/c1-4-15-11(2)9-16-21(18,19)10-12-6-5-7-13(8-12)14(17)20-3;/h5-8,11,15-16H,4,9-10H2,1-3H3;1H/t11-;/m1./s1. The van der Waals surface area contributed by atoms with E-state index in [0.717, 1.165) is 6.54 Å². The van der Waals surface area contributed by atoms with E-state index in [1.807, 2.05) is 13.8 Å². The van der Waals surface area contributed by atoms with Crippen LogP contribution in [0.15, 0.2) is 24.3 Å². The topological polar surface area (TPSA) is 84.5 Å². The lowest BCUT2D eigenvalue weighted by Gasteiger charge is -2.13. The first-order valence-electron chi connectivity index (χ1n) is 6.76. The molecule has 126 valence electrons. The molecule has 1 atom stereocenters. The Morgan fingerprint density at radius 1 is 1.36 bits per heavy atom. The second-order valence-corrected chi connectivity index (χ2v) is 6.57. The van der Waals surface area contributed by atoms with Gasteiger partial charge in [-0.25, -0.2) is 17.9 Å². The predicted octanol–water partition coefficient (Wildman–Crippen LogP) is 1.31. The number of benzene rings is 1. The smallest absolute Gasteiger partial charge is 0.337 e. The number of sulfonamides is 1. The molecule has 8 heteroatoms. The number of ether oxygens (including phenoxy) is 1. The lowest BCUT2D eigenvalue weighted by molar-refractivity contribution is 0.0600. The van der Waals surface area contributed by atoms with Gasteiger partial charge in [0.05, 0.1) is 18.4 Å². The average molecular weight is 351 g/mol. The summed E-state index contributed by atoms with van der Waals surface area (Å²) < 4.78 is 31.2. The Labute approximate surface area is 138 Å². The molecule has 0 amide bonds. The first kappa shape index (κ1) is 20.9. The number of rotatable bonds is 8. The van der Waals surface area contributed by atoms with Gasteiger partial charge in [-0.2, -0.15) is 0 Å². The minimum Gasteiger partial charge on any atom is -0.465 e. The fourth-order valence-electron chi connectivity index (χ4n) is 1.85. The van der Waals surface area contributed by atoms with Gasteiger partial charge in [-0.1, -0.05) is 19.1 Å². The number of halogens is 1. The summed E-state index contributed by atoms with van der Waals surface area (Å²) in [5.74, 6) is -0.653. The van der Waals surface area contributed by atoms with Crippen molar-refractivity contribution >= 4 is 28.4 Å². The van der Waals surface area contributed by atoms with Crippen LogP contribution in [-0.2, 0) is 20.5 Å². The molecule has 1 rings (SSSR count). The molecule has 6 nitrogen and oxygen atoms in total. The number of carbonyl (C=O) groups is 1. The van der Waals surface area contributed by atoms with Gasteiger partial charge in [0.25, 0.3) is 0 Å². The summed E-state index contributed by atoms with van der Waals surface area (Å²) >= 11 is 0. The fourth-order valence-corrected chi connectivity index (χ4v) is 3.07. The van der Waals surface area contributed by atoms with Gasteiger partial charge in [0, 0.05) is 12.6 Å². The predicted molar refractivity (Wildman–Crippen MR) is 88.8 cm³/mol. The number of hydrogen-bond donors (Lipinski definition) is 2. The third-order valence-electron chi connectivity index (χ3n) is 2.87. The van der Waals surface area contributed by atoms with Gasteiger partial charge >= 0.3 is 5.97 Å². The van der Waals surface area contributed by atoms with E-state index in [1.54, 1.807) is 18.2 Å². The summed E-state index contributed by atoms with van der Waals surface area (Å²) in [6.07, 6.45) is 0. The van der Waals surface area contributed by atoms with Crippen molar-refractivity contribution in [1.82, 2.24) is 10.0 Å². The first-order valence-corrected chi connectivity index (χ1v) is 8.41.